The number of benzene rings is 1. The topological polar surface area (TPSA) is 54.9 Å². The normalized spacial score (nSPS) is 9.94. The zero-order chi connectivity index (χ0) is 12.1. The minimum atomic E-state index is -0.186. The van der Waals surface area contributed by atoms with E-state index < -0.39 is 0 Å². The van der Waals surface area contributed by atoms with Gasteiger partial charge < -0.3 is 5.32 Å². The van der Waals surface area contributed by atoms with E-state index >= 15 is 0 Å². The Balaban J connectivity index is 1.97. The van der Waals surface area contributed by atoms with Crippen LogP contribution in [0.3, 0.4) is 0 Å². The first kappa shape index (κ1) is 11.3. The Labute approximate surface area is 99.7 Å². The second-order valence-electron chi connectivity index (χ2n) is 3.77. The molecule has 0 aliphatic rings. The quantitative estimate of drug-likeness (QED) is 0.868. The Morgan fingerprint density at radius 2 is 2.24 bits per heavy atom. The SMILES string of the molecule is Cc1cccc(CNC(=O)c2ccncn2)c1. The summed E-state index contributed by atoms with van der Waals surface area (Å²) in [6.45, 7) is 2.53. The fourth-order valence-corrected chi connectivity index (χ4v) is 1.52. The lowest BCUT2D eigenvalue weighted by molar-refractivity contribution is 0.0945. The third kappa shape index (κ3) is 3.11. The second-order valence-corrected chi connectivity index (χ2v) is 3.77. The summed E-state index contributed by atoms with van der Waals surface area (Å²) < 4.78 is 0. The molecule has 1 aromatic heterocycles. The number of amides is 1. The highest BCUT2D eigenvalue weighted by Crippen LogP contribution is 2.03. The number of nitrogens with one attached hydrogen (secondary N) is 1. The molecule has 0 atom stereocenters. The van der Waals surface area contributed by atoms with Crippen LogP contribution in [0.1, 0.15) is 21.6 Å². The van der Waals surface area contributed by atoms with Crippen molar-refractivity contribution in [3.63, 3.8) is 0 Å². The van der Waals surface area contributed by atoms with Crippen LogP contribution in [-0.4, -0.2) is 15.9 Å². The molecule has 0 spiro atoms. The number of rotatable bonds is 3. The standard InChI is InChI=1S/C13H13N3O/c1-10-3-2-4-11(7-10)8-15-13(17)12-5-6-14-9-16-12/h2-7,9H,8H2,1H3,(H,15,17). The summed E-state index contributed by atoms with van der Waals surface area (Å²) in [6, 6.07) is 9.61. The van der Waals surface area contributed by atoms with Crippen LogP contribution in [-0.2, 0) is 6.54 Å². The number of carbonyl (C=O) groups excluding carboxylic acids is 1. The molecule has 2 rings (SSSR count). The average molecular weight is 227 g/mol. The summed E-state index contributed by atoms with van der Waals surface area (Å²) >= 11 is 0. The zero-order valence-electron chi connectivity index (χ0n) is 9.55. The van der Waals surface area contributed by atoms with Crippen molar-refractivity contribution in [3.8, 4) is 0 Å². The largest absolute Gasteiger partial charge is 0.347 e. The van der Waals surface area contributed by atoms with Crippen molar-refractivity contribution in [1.29, 1.82) is 0 Å². The van der Waals surface area contributed by atoms with Crippen LogP contribution in [0.2, 0.25) is 0 Å². The van der Waals surface area contributed by atoms with Gasteiger partial charge in [-0.15, -0.1) is 0 Å². The molecular weight excluding hydrogens is 214 g/mol. The highest BCUT2D eigenvalue weighted by Gasteiger charge is 2.05. The van der Waals surface area contributed by atoms with Crippen LogP contribution >= 0.6 is 0 Å². The summed E-state index contributed by atoms with van der Waals surface area (Å²) in [4.78, 5) is 19.4. The van der Waals surface area contributed by atoms with Gasteiger partial charge in [0.15, 0.2) is 0 Å². The molecule has 0 aliphatic carbocycles. The third-order valence-corrected chi connectivity index (χ3v) is 2.35. The maximum atomic E-state index is 11.7. The number of aryl methyl sites for hydroxylation is 1. The number of nitrogens with zero attached hydrogens (tertiary/aromatic N) is 2. The molecule has 0 bridgehead atoms. The van der Waals surface area contributed by atoms with Crippen molar-refractivity contribution in [2.75, 3.05) is 0 Å². The molecule has 17 heavy (non-hydrogen) atoms. The van der Waals surface area contributed by atoms with Crippen LogP contribution in [0.4, 0.5) is 0 Å². The highest BCUT2D eigenvalue weighted by molar-refractivity contribution is 5.91. The Morgan fingerprint density at radius 3 is 2.94 bits per heavy atom. The van der Waals surface area contributed by atoms with E-state index in [0.29, 0.717) is 12.2 Å². The Morgan fingerprint density at radius 1 is 1.35 bits per heavy atom. The van der Waals surface area contributed by atoms with Crippen molar-refractivity contribution >= 4 is 5.91 Å². The van der Waals surface area contributed by atoms with Crippen LogP contribution in [0.5, 0.6) is 0 Å². The number of carbonyl (C=O) groups is 1. The van der Waals surface area contributed by atoms with Gasteiger partial charge in [-0.1, -0.05) is 29.8 Å². The first-order valence-electron chi connectivity index (χ1n) is 5.35. The first-order valence-corrected chi connectivity index (χ1v) is 5.35. The van der Waals surface area contributed by atoms with E-state index in [1.165, 1.54) is 11.9 Å². The van der Waals surface area contributed by atoms with Crippen LogP contribution in [0.15, 0.2) is 42.9 Å². The lowest BCUT2D eigenvalue weighted by Gasteiger charge is -2.05. The van der Waals surface area contributed by atoms with Gasteiger partial charge in [0, 0.05) is 12.7 Å². The van der Waals surface area contributed by atoms with E-state index in [0.717, 1.165) is 5.56 Å². The summed E-state index contributed by atoms with van der Waals surface area (Å²) in [5, 5.41) is 2.81. The van der Waals surface area contributed by atoms with Crippen molar-refractivity contribution in [2.45, 2.75) is 13.5 Å². The van der Waals surface area contributed by atoms with Crippen molar-refractivity contribution in [1.82, 2.24) is 15.3 Å². The molecular formula is C13H13N3O. The van der Waals surface area contributed by atoms with Gasteiger partial charge in [0.05, 0.1) is 0 Å². The zero-order valence-corrected chi connectivity index (χ0v) is 9.55. The van der Waals surface area contributed by atoms with Gasteiger partial charge in [0.2, 0.25) is 0 Å². The molecule has 0 aliphatic heterocycles. The molecule has 4 heteroatoms. The number of hydrogen-bond acceptors (Lipinski definition) is 3. The Hall–Kier alpha value is -2.23. The molecule has 1 N–H and O–H groups in total. The molecule has 0 saturated heterocycles. The van der Waals surface area contributed by atoms with Gasteiger partial charge in [0.25, 0.3) is 5.91 Å². The molecule has 86 valence electrons. The van der Waals surface area contributed by atoms with Crippen molar-refractivity contribution in [2.24, 2.45) is 0 Å². The van der Waals surface area contributed by atoms with Gasteiger partial charge in [-0.3, -0.25) is 4.79 Å². The summed E-state index contributed by atoms with van der Waals surface area (Å²) in [5.74, 6) is -0.186. The Bertz CT molecular complexity index is 511. The number of aromatic nitrogens is 2. The van der Waals surface area contributed by atoms with Gasteiger partial charge in [-0.25, -0.2) is 9.97 Å². The van der Waals surface area contributed by atoms with E-state index in [9.17, 15) is 4.79 Å². The second kappa shape index (κ2) is 5.21. The summed E-state index contributed by atoms with van der Waals surface area (Å²) in [7, 11) is 0. The molecule has 0 fully saturated rings. The van der Waals surface area contributed by atoms with Crippen LogP contribution in [0.25, 0.3) is 0 Å². The fourth-order valence-electron chi connectivity index (χ4n) is 1.52. The number of hydrogen-bond donors (Lipinski definition) is 1. The van der Waals surface area contributed by atoms with E-state index in [2.05, 4.69) is 15.3 Å². The molecule has 0 saturated carbocycles. The van der Waals surface area contributed by atoms with Crippen molar-refractivity contribution < 1.29 is 4.79 Å². The minimum absolute atomic E-state index is 0.186. The van der Waals surface area contributed by atoms with E-state index in [1.54, 1.807) is 12.3 Å². The molecule has 0 unspecified atom stereocenters. The molecule has 2 aromatic rings. The van der Waals surface area contributed by atoms with Gasteiger partial charge >= 0.3 is 0 Å². The Kier molecular flexibility index (Phi) is 3.45. The highest BCUT2D eigenvalue weighted by atomic mass is 16.1. The smallest absolute Gasteiger partial charge is 0.270 e. The maximum Gasteiger partial charge on any atom is 0.270 e. The molecule has 4 nitrogen and oxygen atoms in total. The monoisotopic (exact) mass is 227 g/mol. The van der Waals surface area contributed by atoms with E-state index in [4.69, 9.17) is 0 Å². The fraction of sp³-hybridized carbons (Fsp3) is 0.154. The minimum Gasteiger partial charge on any atom is -0.347 e. The van der Waals surface area contributed by atoms with Gasteiger partial charge in [-0.05, 0) is 18.6 Å². The predicted octanol–water partition coefficient (Wildman–Crippen LogP) is 1.72. The summed E-state index contributed by atoms with van der Waals surface area (Å²) in [6.07, 6.45) is 2.91. The molecule has 1 amide bonds. The molecule has 0 radical (unpaired) electrons. The van der Waals surface area contributed by atoms with E-state index in [1.807, 2.05) is 31.2 Å². The average Bonchev–Trinajstić information content (AvgIpc) is 2.37. The maximum absolute atomic E-state index is 11.7. The van der Waals surface area contributed by atoms with Crippen molar-refractivity contribution in [3.05, 3.63) is 59.7 Å². The predicted molar refractivity (Wildman–Crippen MR) is 64.4 cm³/mol. The van der Waals surface area contributed by atoms with E-state index in [-0.39, 0.29) is 5.91 Å². The van der Waals surface area contributed by atoms with Gasteiger partial charge in [-0.2, -0.15) is 0 Å². The molecule has 1 aromatic carbocycles. The third-order valence-electron chi connectivity index (χ3n) is 2.35. The first-order chi connectivity index (χ1) is 8.25. The summed E-state index contributed by atoms with van der Waals surface area (Å²) in [5.41, 5.74) is 2.64. The van der Waals surface area contributed by atoms with Crippen LogP contribution in [0, 0.1) is 6.92 Å². The van der Waals surface area contributed by atoms with Gasteiger partial charge in [0.1, 0.15) is 12.0 Å². The molecule has 1 heterocycles. The van der Waals surface area contributed by atoms with Crippen LogP contribution < -0.4 is 5.32 Å². The lowest BCUT2D eigenvalue weighted by atomic mass is 10.1. The lowest BCUT2D eigenvalue weighted by Crippen LogP contribution is -2.23.